The van der Waals surface area contributed by atoms with Crippen molar-refractivity contribution in [3.8, 4) is 0 Å². The smallest absolute Gasteiger partial charge is 0.353 e. The lowest BCUT2D eigenvalue weighted by Gasteiger charge is -2.37. The number of nitrogens with one attached hydrogen (secondary N) is 1. The number of carbonyl (C=O) groups excluding carboxylic acids is 1. The van der Waals surface area contributed by atoms with E-state index >= 15 is 0 Å². The minimum absolute atomic E-state index is 0.0343. The van der Waals surface area contributed by atoms with Crippen molar-refractivity contribution in [3.05, 3.63) is 70.3 Å². The van der Waals surface area contributed by atoms with Gasteiger partial charge in [-0.05, 0) is 86.3 Å². The molecule has 2 fully saturated rings. The number of halogens is 8. The van der Waals surface area contributed by atoms with Gasteiger partial charge in [-0.3, -0.25) is 10.3 Å². The molecule has 0 radical (unpaired) electrons. The van der Waals surface area contributed by atoms with Crippen molar-refractivity contribution in [2.45, 2.75) is 76.4 Å². The van der Waals surface area contributed by atoms with Crippen LogP contribution in [0.2, 0.25) is 0 Å². The van der Waals surface area contributed by atoms with Gasteiger partial charge in [0.15, 0.2) is 11.6 Å². The number of fused-ring (bicyclic) bond motifs is 1. The largest absolute Gasteiger partial charge is 0.416 e. The van der Waals surface area contributed by atoms with Crippen LogP contribution >= 0.6 is 0 Å². The highest BCUT2D eigenvalue weighted by Crippen LogP contribution is 2.41. The van der Waals surface area contributed by atoms with E-state index in [0.717, 1.165) is 62.1 Å². The van der Waals surface area contributed by atoms with Gasteiger partial charge in [0, 0.05) is 43.1 Å². The zero-order valence-corrected chi connectivity index (χ0v) is 26.7. The molecule has 1 aliphatic heterocycles. The van der Waals surface area contributed by atoms with Gasteiger partial charge in [-0.15, -0.1) is 5.12 Å². The molecule has 2 aromatic carbocycles. The summed E-state index contributed by atoms with van der Waals surface area (Å²) in [5.41, 5.74) is 6.23. The fourth-order valence-electron chi connectivity index (χ4n) is 7.07. The van der Waals surface area contributed by atoms with E-state index in [1.54, 1.807) is 6.07 Å². The number of carbonyl (C=O) groups is 1. The lowest BCUT2D eigenvalue weighted by Crippen LogP contribution is -2.51. The van der Waals surface area contributed by atoms with Gasteiger partial charge in [-0.25, -0.2) is 19.6 Å². The summed E-state index contributed by atoms with van der Waals surface area (Å²) in [6.45, 7) is -0.129. The van der Waals surface area contributed by atoms with E-state index in [1.165, 1.54) is 11.6 Å². The van der Waals surface area contributed by atoms with Crippen LogP contribution in [0.4, 0.5) is 40.9 Å². The number of aldehydes is 1. The molecule has 1 aromatic heterocycles. The minimum atomic E-state index is -5.06. The van der Waals surface area contributed by atoms with Crippen LogP contribution in [0, 0.1) is 23.5 Å². The topological polar surface area (TPSA) is 104 Å². The number of guanidine groups is 1. The van der Waals surface area contributed by atoms with E-state index < -0.39 is 41.7 Å². The Balaban J connectivity index is 1.59. The predicted octanol–water partition coefficient (Wildman–Crippen LogP) is 6.25. The molecule has 0 spiro atoms. The van der Waals surface area contributed by atoms with Crippen molar-refractivity contribution < 1.29 is 44.5 Å². The van der Waals surface area contributed by atoms with Crippen LogP contribution in [-0.4, -0.2) is 46.6 Å². The summed E-state index contributed by atoms with van der Waals surface area (Å²) in [4.78, 5) is 17.9. The van der Waals surface area contributed by atoms with Gasteiger partial charge in [-0.2, -0.15) is 31.8 Å². The molecule has 2 aliphatic rings. The Bertz CT molecular complexity index is 1670. The van der Waals surface area contributed by atoms with Gasteiger partial charge >= 0.3 is 18.3 Å². The van der Waals surface area contributed by atoms with Crippen molar-refractivity contribution in [2.75, 3.05) is 18.5 Å². The number of anilines is 1. The van der Waals surface area contributed by atoms with Crippen molar-refractivity contribution in [1.82, 2.24) is 15.5 Å². The molecular formula is C33H38F8N7O+. The molecule has 0 unspecified atom stereocenters. The number of hydrazine groups is 2. The van der Waals surface area contributed by atoms with Crippen LogP contribution < -0.4 is 21.9 Å². The molecule has 49 heavy (non-hydrogen) atoms. The lowest BCUT2D eigenvalue weighted by molar-refractivity contribution is -0.563. The average Bonchev–Trinajstić information content (AvgIpc) is 3.50. The molecule has 0 amide bonds. The van der Waals surface area contributed by atoms with E-state index in [0.29, 0.717) is 42.4 Å². The lowest BCUT2D eigenvalue weighted by atomic mass is 9.77. The zero-order valence-electron chi connectivity index (χ0n) is 26.7. The van der Waals surface area contributed by atoms with E-state index in [1.807, 2.05) is 0 Å². The van der Waals surface area contributed by atoms with Gasteiger partial charge in [0.2, 0.25) is 0 Å². The Morgan fingerprint density at radius 2 is 1.59 bits per heavy atom. The highest BCUT2D eigenvalue weighted by molar-refractivity contribution is 5.82. The fourth-order valence-corrected chi connectivity index (χ4v) is 7.07. The van der Waals surface area contributed by atoms with Crippen molar-refractivity contribution in [1.29, 1.82) is 0 Å². The summed E-state index contributed by atoms with van der Waals surface area (Å²) in [6.07, 6.45) is -3.45. The van der Waals surface area contributed by atoms with Gasteiger partial charge in [0.25, 0.3) is 0 Å². The number of aromatic nitrogens is 1. The number of hydrogen-bond acceptors (Lipinski definition) is 5. The number of benzene rings is 2. The predicted molar refractivity (Wildman–Crippen MR) is 167 cm³/mol. The molecule has 266 valence electrons. The number of rotatable bonds is 9. The second-order valence-corrected chi connectivity index (χ2v) is 12.9. The molecule has 16 heteroatoms. The van der Waals surface area contributed by atoms with Gasteiger partial charge in [0.05, 0.1) is 29.7 Å². The SMILES string of the molecule is CN(N)NC(N)=[N+](Cc1cc(C(F)(F)F)cc(C(F)(F)F)c1)Cc1cc2cc(F)c(F)cc2nc1N1CCC[C@@H]1C1CCC(CC=O)CC1. The normalized spacial score (nSPS) is 21.0. The first kappa shape index (κ1) is 36.2. The Hall–Kier alpha value is -4.05. The summed E-state index contributed by atoms with van der Waals surface area (Å²) in [6, 6.07) is 4.87. The molecule has 1 saturated heterocycles. The maximum atomic E-state index is 14.4. The number of hydrogen-bond donors (Lipinski definition) is 3. The summed E-state index contributed by atoms with van der Waals surface area (Å²) in [5.74, 6) is 4.34. The standard InChI is InChI=1S/C33H37F8N7O/c1-46(43)45-31(42)47(17-20-11-24(32(36,37)38)15-25(12-20)33(39,40)41)18-23-13-22-14-26(34)27(35)16-28(22)44-30(23)48-9-2-3-29(48)21-6-4-19(5-7-21)8-10-49/h10-16,19,21,29H,2-9,17-18,43H2,1H3,(H2,42,45)/p+1/t19?,21?,29-/m1/s1. The maximum Gasteiger partial charge on any atom is 0.416 e. The molecular weight excluding hydrogens is 662 g/mol. The van der Waals surface area contributed by atoms with Crippen LogP contribution in [0.15, 0.2) is 36.4 Å². The van der Waals surface area contributed by atoms with E-state index in [-0.39, 0.29) is 47.0 Å². The van der Waals surface area contributed by atoms with Gasteiger partial charge < -0.3 is 9.69 Å². The monoisotopic (exact) mass is 700 g/mol. The molecule has 0 bridgehead atoms. The Kier molecular flexibility index (Phi) is 10.7. The average molecular weight is 701 g/mol. The highest BCUT2D eigenvalue weighted by Gasteiger charge is 2.38. The molecule has 5 rings (SSSR count). The Labute approximate surface area is 277 Å². The van der Waals surface area contributed by atoms with Crippen LogP contribution in [0.1, 0.15) is 67.2 Å². The number of nitrogens with zero attached hydrogens (tertiary/aromatic N) is 4. The number of alkyl halides is 6. The van der Waals surface area contributed by atoms with E-state index in [9.17, 15) is 39.9 Å². The first-order chi connectivity index (χ1) is 23.0. The minimum Gasteiger partial charge on any atom is -0.353 e. The quantitative estimate of drug-likeness (QED) is 0.0461. The van der Waals surface area contributed by atoms with E-state index in [4.69, 9.17) is 16.6 Å². The second-order valence-electron chi connectivity index (χ2n) is 12.9. The summed E-state index contributed by atoms with van der Waals surface area (Å²) in [5, 5.41) is 1.20. The van der Waals surface area contributed by atoms with Gasteiger partial charge in [-0.1, -0.05) is 0 Å². The maximum absolute atomic E-state index is 14.4. The Morgan fingerprint density at radius 1 is 0.959 bits per heavy atom. The third-order valence-electron chi connectivity index (χ3n) is 9.36. The highest BCUT2D eigenvalue weighted by atomic mass is 19.4. The third kappa shape index (κ3) is 8.58. The molecule has 8 nitrogen and oxygen atoms in total. The summed E-state index contributed by atoms with van der Waals surface area (Å²) >= 11 is 0. The second kappa shape index (κ2) is 14.4. The first-order valence-electron chi connectivity index (χ1n) is 15.9. The molecule has 3 aromatic rings. The third-order valence-corrected chi connectivity index (χ3v) is 9.36. The van der Waals surface area contributed by atoms with E-state index in [2.05, 4.69) is 10.3 Å². The molecule has 1 aliphatic carbocycles. The molecule has 5 N–H and O–H groups in total. The van der Waals surface area contributed by atoms with Crippen LogP contribution in [0.3, 0.4) is 0 Å². The van der Waals surface area contributed by atoms with Crippen molar-refractivity contribution in [3.63, 3.8) is 0 Å². The van der Waals surface area contributed by atoms with Gasteiger partial charge in [0.1, 0.15) is 12.1 Å². The number of pyridine rings is 1. The first-order valence-corrected chi connectivity index (χ1v) is 15.9. The molecule has 1 saturated carbocycles. The van der Waals surface area contributed by atoms with Crippen LogP contribution in [0.5, 0.6) is 0 Å². The zero-order chi connectivity index (χ0) is 35.7. The number of nitrogens with two attached hydrogens (primary N) is 2. The fraction of sp³-hybridized carbons (Fsp3) is 0.485. The molecule has 2 heterocycles. The van der Waals surface area contributed by atoms with Crippen molar-refractivity contribution >= 4 is 29.0 Å². The van der Waals surface area contributed by atoms with Crippen LogP contribution in [-0.2, 0) is 30.2 Å². The summed E-state index contributed by atoms with van der Waals surface area (Å²) < 4.78 is 112. The Morgan fingerprint density at radius 3 is 2.18 bits per heavy atom. The molecule has 1 atom stereocenters. The van der Waals surface area contributed by atoms with Crippen LogP contribution in [0.25, 0.3) is 10.9 Å². The van der Waals surface area contributed by atoms with Crippen molar-refractivity contribution in [2.24, 2.45) is 23.4 Å². The summed E-state index contributed by atoms with van der Waals surface area (Å²) in [7, 11) is 1.38.